The van der Waals surface area contributed by atoms with Crippen molar-refractivity contribution in [2.24, 2.45) is 5.92 Å². The summed E-state index contributed by atoms with van der Waals surface area (Å²) in [5.41, 5.74) is 2.42. The zero-order chi connectivity index (χ0) is 24.9. The predicted octanol–water partition coefficient (Wildman–Crippen LogP) is 3.14. The van der Waals surface area contributed by atoms with Gasteiger partial charge in [0.1, 0.15) is 17.4 Å². The number of pyridine rings is 2. The number of aromatic nitrogens is 2. The zero-order valence-corrected chi connectivity index (χ0v) is 20.2. The predicted molar refractivity (Wildman–Crippen MR) is 132 cm³/mol. The fraction of sp³-hybridized carbons (Fsp3) is 0.333. The molecule has 3 aromatic rings. The third-order valence-corrected chi connectivity index (χ3v) is 6.31. The summed E-state index contributed by atoms with van der Waals surface area (Å²) in [6.45, 7) is 4.27. The third-order valence-electron chi connectivity index (χ3n) is 6.31. The van der Waals surface area contributed by atoms with Crippen molar-refractivity contribution in [3.63, 3.8) is 0 Å². The largest absolute Gasteiger partial charge is 0.472 e. The first-order valence-electron chi connectivity index (χ1n) is 11.7. The van der Waals surface area contributed by atoms with Gasteiger partial charge in [-0.15, -0.1) is 0 Å². The molecule has 0 spiro atoms. The maximum absolute atomic E-state index is 13.6. The molecule has 0 fully saturated rings. The minimum atomic E-state index is -0.428. The van der Waals surface area contributed by atoms with Crippen LogP contribution in [0.1, 0.15) is 34.7 Å². The lowest BCUT2D eigenvalue weighted by Gasteiger charge is -2.37. The third kappa shape index (κ3) is 5.33. The van der Waals surface area contributed by atoms with Gasteiger partial charge < -0.3 is 19.6 Å². The summed E-state index contributed by atoms with van der Waals surface area (Å²) >= 11 is 0. The fourth-order valence-corrected chi connectivity index (χ4v) is 4.15. The maximum atomic E-state index is 13.6. The Balaban J connectivity index is 1.68. The van der Waals surface area contributed by atoms with E-state index < -0.39 is 6.10 Å². The van der Waals surface area contributed by atoms with E-state index in [1.54, 1.807) is 53.5 Å². The smallest absolute Gasteiger partial charge is 0.272 e. The van der Waals surface area contributed by atoms with Crippen LogP contribution < -0.4 is 4.74 Å². The van der Waals surface area contributed by atoms with E-state index in [0.717, 1.165) is 11.1 Å². The van der Waals surface area contributed by atoms with E-state index in [9.17, 15) is 14.7 Å². The van der Waals surface area contributed by atoms with Crippen LogP contribution in [0.15, 0.2) is 67.0 Å². The molecule has 0 bridgehead atoms. The molecule has 0 aliphatic carbocycles. The molecule has 35 heavy (non-hydrogen) atoms. The molecule has 3 atom stereocenters. The number of benzene rings is 1. The van der Waals surface area contributed by atoms with Gasteiger partial charge in [-0.3, -0.25) is 14.6 Å². The molecule has 0 saturated heterocycles. The Hall–Kier alpha value is -3.78. The molecule has 8 heteroatoms. The Bertz CT molecular complexity index is 1170. The molecule has 0 unspecified atom stereocenters. The first-order chi connectivity index (χ1) is 16.9. The van der Waals surface area contributed by atoms with Crippen LogP contribution >= 0.6 is 0 Å². The van der Waals surface area contributed by atoms with Gasteiger partial charge in [0.05, 0.1) is 19.2 Å². The van der Waals surface area contributed by atoms with E-state index in [0.29, 0.717) is 17.8 Å². The molecule has 2 aromatic heterocycles. The number of ether oxygens (including phenoxy) is 1. The van der Waals surface area contributed by atoms with Crippen LogP contribution in [0.4, 0.5) is 0 Å². The van der Waals surface area contributed by atoms with Gasteiger partial charge in [-0.25, -0.2) is 4.98 Å². The summed E-state index contributed by atoms with van der Waals surface area (Å²) < 4.78 is 6.29. The van der Waals surface area contributed by atoms with Crippen LogP contribution in [0.25, 0.3) is 11.1 Å². The van der Waals surface area contributed by atoms with Crippen LogP contribution in [0.3, 0.4) is 0 Å². The lowest BCUT2D eigenvalue weighted by molar-refractivity contribution is 0.0312. The number of carbonyl (C=O) groups excluding carboxylic acids is 2. The lowest BCUT2D eigenvalue weighted by atomic mass is 9.99. The zero-order valence-electron chi connectivity index (χ0n) is 20.2. The van der Waals surface area contributed by atoms with Gasteiger partial charge in [-0.1, -0.05) is 43.3 Å². The van der Waals surface area contributed by atoms with Crippen LogP contribution in [-0.2, 0) is 0 Å². The highest BCUT2D eigenvalue weighted by Crippen LogP contribution is 2.30. The Morgan fingerprint density at radius 2 is 1.91 bits per heavy atom. The summed E-state index contributed by atoms with van der Waals surface area (Å²) in [6, 6.07) is 16.3. The van der Waals surface area contributed by atoms with Gasteiger partial charge in [0.2, 0.25) is 5.88 Å². The number of amides is 2. The van der Waals surface area contributed by atoms with Crippen LogP contribution in [-0.4, -0.2) is 75.6 Å². The number of fused-ring (bicyclic) bond motifs is 1. The number of aliphatic hydroxyl groups excluding tert-OH is 1. The summed E-state index contributed by atoms with van der Waals surface area (Å²) in [5.74, 6) is -0.362. The van der Waals surface area contributed by atoms with Gasteiger partial charge in [-0.05, 0) is 30.7 Å². The number of rotatable bonds is 6. The number of aliphatic hydroxyl groups is 1. The number of hydrogen-bond acceptors (Lipinski definition) is 6. The molecular formula is C27H30N4O4. The molecule has 0 radical (unpaired) electrons. The molecular weight excluding hydrogens is 444 g/mol. The summed E-state index contributed by atoms with van der Waals surface area (Å²) in [4.78, 5) is 38.4. The van der Waals surface area contributed by atoms with Crippen molar-refractivity contribution < 1.29 is 19.4 Å². The van der Waals surface area contributed by atoms with E-state index in [2.05, 4.69) is 9.97 Å². The van der Waals surface area contributed by atoms with Gasteiger partial charge >= 0.3 is 0 Å². The summed E-state index contributed by atoms with van der Waals surface area (Å²) in [6.07, 6.45) is 2.84. The van der Waals surface area contributed by atoms with Crippen molar-refractivity contribution in [2.45, 2.75) is 26.0 Å². The van der Waals surface area contributed by atoms with Crippen LogP contribution in [0, 0.1) is 5.92 Å². The quantitative estimate of drug-likeness (QED) is 0.590. The van der Waals surface area contributed by atoms with Gasteiger partial charge in [-0.2, -0.15) is 0 Å². The summed E-state index contributed by atoms with van der Waals surface area (Å²) in [7, 11) is 1.71. The molecule has 3 heterocycles. The number of carbonyl (C=O) groups is 2. The second-order valence-corrected chi connectivity index (χ2v) is 8.97. The number of hydrogen-bond donors (Lipinski definition) is 1. The highest BCUT2D eigenvalue weighted by atomic mass is 16.5. The standard InChI is InChI=1S/C27H30N4O4/c1-18-15-31(19(2)17-32)26(33)22-13-21(20-9-5-4-6-10-20)14-29-25(22)35-24(18)16-30(3)27(34)23-11-7-8-12-28-23/h4-14,18-19,24,32H,15-17H2,1-3H3/t18-,19+,24+/m1/s1. The Labute approximate surface area is 205 Å². The average molecular weight is 475 g/mol. The Morgan fingerprint density at radius 1 is 1.17 bits per heavy atom. The van der Waals surface area contributed by atoms with Crippen LogP contribution in [0.5, 0.6) is 5.88 Å². The van der Waals surface area contributed by atoms with Gasteiger partial charge in [0, 0.05) is 37.5 Å². The molecule has 0 saturated carbocycles. The molecule has 1 aliphatic rings. The second kappa shape index (κ2) is 10.7. The first kappa shape index (κ1) is 24.3. The van der Waals surface area contributed by atoms with E-state index in [1.807, 2.05) is 44.2 Å². The normalized spacial score (nSPS) is 18.6. The van der Waals surface area contributed by atoms with Crippen molar-refractivity contribution >= 4 is 11.8 Å². The second-order valence-electron chi connectivity index (χ2n) is 8.97. The fourth-order valence-electron chi connectivity index (χ4n) is 4.15. The van der Waals surface area contributed by atoms with Crippen molar-refractivity contribution in [1.82, 2.24) is 19.8 Å². The Kier molecular flexibility index (Phi) is 7.41. The van der Waals surface area contributed by atoms with Crippen molar-refractivity contribution in [1.29, 1.82) is 0 Å². The number of nitrogens with zero attached hydrogens (tertiary/aromatic N) is 4. The van der Waals surface area contributed by atoms with Gasteiger partial charge in [0.15, 0.2) is 0 Å². The highest BCUT2D eigenvalue weighted by Gasteiger charge is 2.35. The van der Waals surface area contributed by atoms with E-state index in [1.165, 1.54) is 0 Å². The highest BCUT2D eigenvalue weighted by molar-refractivity contribution is 5.98. The van der Waals surface area contributed by atoms with Gasteiger partial charge in [0.25, 0.3) is 11.8 Å². The molecule has 1 aromatic carbocycles. The molecule has 2 amide bonds. The lowest BCUT2D eigenvalue weighted by Crippen LogP contribution is -2.50. The first-order valence-corrected chi connectivity index (χ1v) is 11.7. The topological polar surface area (TPSA) is 95.9 Å². The summed E-state index contributed by atoms with van der Waals surface area (Å²) in [5, 5.41) is 9.84. The Morgan fingerprint density at radius 3 is 2.60 bits per heavy atom. The minimum Gasteiger partial charge on any atom is -0.472 e. The molecule has 182 valence electrons. The van der Waals surface area contributed by atoms with Crippen LogP contribution in [0.2, 0.25) is 0 Å². The van der Waals surface area contributed by atoms with Crippen molar-refractivity contribution in [3.05, 3.63) is 78.2 Å². The van der Waals surface area contributed by atoms with E-state index in [4.69, 9.17) is 4.74 Å². The van der Waals surface area contributed by atoms with Crippen molar-refractivity contribution in [2.75, 3.05) is 26.7 Å². The maximum Gasteiger partial charge on any atom is 0.272 e. The number of likely N-dealkylation sites (N-methyl/N-ethyl adjacent to an activating group) is 1. The van der Waals surface area contributed by atoms with Crippen molar-refractivity contribution in [3.8, 4) is 17.0 Å². The SMILES string of the molecule is C[C@@H]1CN([C@@H](C)CO)C(=O)c2cc(-c3ccccc3)cnc2O[C@H]1CN(C)C(=O)c1ccccn1. The van der Waals surface area contributed by atoms with E-state index >= 15 is 0 Å². The molecule has 1 N–H and O–H groups in total. The average Bonchev–Trinajstić information content (AvgIpc) is 2.90. The molecule has 1 aliphatic heterocycles. The van der Waals surface area contributed by atoms with E-state index in [-0.39, 0.29) is 42.8 Å². The minimum absolute atomic E-state index is 0.129. The molecule has 4 rings (SSSR count). The monoisotopic (exact) mass is 474 g/mol. The molecule has 8 nitrogen and oxygen atoms in total.